The summed E-state index contributed by atoms with van der Waals surface area (Å²) >= 11 is 1.20. The molecular weight excluding hydrogens is 160 g/mol. The second kappa shape index (κ2) is 6.68. The van der Waals surface area contributed by atoms with Crippen molar-refractivity contribution >= 4 is 16.9 Å². The van der Waals surface area contributed by atoms with Crippen molar-refractivity contribution in [1.29, 1.82) is 0 Å². The molecule has 0 aromatic rings. The Morgan fingerprint density at radius 3 is 2.64 bits per heavy atom. The molecule has 0 aromatic heterocycles. The normalized spacial score (nSPS) is 13.0. The number of hydrogen-bond donors (Lipinski definition) is 1. The van der Waals surface area contributed by atoms with Crippen molar-refractivity contribution in [3.05, 3.63) is 0 Å². The quantitative estimate of drug-likeness (QED) is 0.694. The van der Waals surface area contributed by atoms with Gasteiger partial charge in [0.1, 0.15) is 6.10 Å². The molecule has 0 saturated carbocycles. The fourth-order valence-corrected chi connectivity index (χ4v) is 1.35. The van der Waals surface area contributed by atoms with Crippen molar-refractivity contribution < 1.29 is 9.90 Å². The van der Waals surface area contributed by atoms with Crippen LogP contribution in [-0.2, 0) is 4.79 Å². The minimum Gasteiger partial charge on any atom is -0.384 e. The molecule has 0 rings (SSSR count). The standard InChI is InChI=1S/C8H16O2S/c1-3-5-6-7(9)8(10)11-4-2/h7,9H,3-6H2,1-2H3. The molecule has 1 unspecified atom stereocenters. The number of hydrogen-bond acceptors (Lipinski definition) is 3. The number of unbranched alkanes of at least 4 members (excludes halogenated alkanes) is 1. The van der Waals surface area contributed by atoms with E-state index in [4.69, 9.17) is 0 Å². The number of carbonyl (C=O) groups excluding carboxylic acids is 1. The number of rotatable bonds is 5. The summed E-state index contributed by atoms with van der Waals surface area (Å²) in [6, 6.07) is 0. The fraction of sp³-hybridized carbons (Fsp3) is 0.875. The summed E-state index contributed by atoms with van der Waals surface area (Å²) in [5.74, 6) is 0.752. The molecule has 0 aliphatic carbocycles. The predicted octanol–water partition coefficient (Wildman–Crippen LogP) is 1.82. The molecule has 0 heterocycles. The first-order valence-corrected chi connectivity index (χ1v) is 5.05. The lowest BCUT2D eigenvalue weighted by molar-refractivity contribution is -0.118. The lowest BCUT2D eigenvalue weighted by atomic mass is 10.2. The van der Waals surface area contributed by atoms with Gasteiger partial charge in [0, 0.05) is 0 Å². The second-order valence-electron chi connectivity index (χ2n) is 2.41. The molecule has 0 radical (unpaired) electrons. The van der Waals surface area contributed by atoms with Gasteiger partial charge in [-0.15, -0.1) is 0 Å². The zero-order valence-electron chi connectivity index (χ0n) is 7.17. The molecule has 0 aliphatic rings. The SMILES string of the molecule is CCCCC(O)C(=O)SCC. The molecule has 0 fully saturated rings. The topological polar surface area (TPSA) is 37.3 Å². The minimum absolute atomic E-state index is 0.0825. The summed E-state index contributed by atoms with van der Waals surface area (Å²) in [5, 5.41) is 9.13. The Morgan fingerprint density at radius 2 is 2.18 bits per heavy atom. The van der Waals surface area contributed by atoms with Crippen molar-refractivity contribution in [2.75, 3.05) is 5.75 Å². The third-order valence-electron chi connectivity index (χ3n) is 1.39. The zero-order valence-corrected chi connectivity index (χ0v) is 7.99. The van der Waals surface area contributed by atoms with Crippen LogP contribution in [0.25, 0.3) is 0 Å². The summed E-state index contributed by atoms with van der Waals surface area (Å²) in [6.07, 6.45) is 1.83. The summed E-state index contributed by atoms with van der Waals surface area (Å²) in [5.41, 5.74) is 0. The lowest BCUT2D eigenvalue weighted by Gasteiger charge is -2.06. The monoisotopic (exact) mass is 176 g/mol. The first-order valence-electron chi connectivity index (χ1n) is 4.07. The maximum Gasteiger partial charge on any atom is 0.217 e. The van der Waals surface area contributed by atoms with Crippen LogP contribution in [0.15, 0.2) is 0 Å². The first kappa shape index (κ1) is 11.0. The lowest BCUT2D eigenvalue weighted by Crippen LogP contribution is -2.16. The molecule has 2 nitrogen and oxygen atoms in total. The average Bonchev–Trinajstić information content (AvgIpc) is 2.00. The van der Waals surface area contributed by atoms with E-state index in [2.05, 4.69) is 0 Å². The largest absolute Gasteiger partial charge is 0.384 e. The van der Waals surface area contributed by atoms with Crippen LogP contribution >= 0.6 is 11.8 Å². The van der Waals surface area contributed by atoms with E-state index in [1.54, 1.807) is 0 Å². The molecule has 0 aromatic carbocycles. The van der Waals surface area contributed by atoms with Crippen LogP contribution in [0, 0.1) is 0 Å². The van der Waals surface area contributed by atoms with E-state index in [0.29, 0.717) is 6.42 Å². The fourth-order valence-electron chi connectivity index (χ4n) is 0.754. The number of thioether (sulfide) groups is 1. The van der Waals surface area contributed by atoms with Gasteiger partial charge in [-0.05, 0) is 12.2 Å². The van der Waals surface area contributed by atoms with E-state index in [0.717, 1.165) is 18.6 Å². The number of carbonyl (C=O) groups is 1. The Hall–Kier alpha value is -0.0200. The predicted molar refractivity (Wildman–Crippen MR) is 48.7 cm³/mol. The summed E-state index contributed by atoms with van der Waals surface area (Å²) in [7, 11) is 0. The van der Waals surface area contributed by atoms with Crippen molar-refractivity contribution in [3.8, 4) is 0 Å². The van der Waals surface area contributed by atoms with Crippen LogP contribution in [-0.4, -0.2) is 22.1 Å². The Morgan fingerprint density at radius 1 is 1.55 bits per heavy atom. The molecule has 0 amide bonds. The minimum atomic E-state index is -0.736. The molecule has 0 saturated heterocycles. The Kier molecular flexibility index (Phi) is 6.66. The van der Waals surface area contributed by atoms with E-state index in [1.807, 2.05) is 13.8 Å². The van der Waals surface area contributed by atoms with E-state index < -0.39 is 6.10 Å². The maximum absolute atomic E-state index is 11.0. The van der Waals surface area contributed by atoms with Crippen LogP contribution in [0.4, 0.5) is 0 Å². The van der Waals surface area contributed by atoms with Gasteiger partial charge in [0.25, 0.3) is 0 Å². The van der Waals surface area contributed by atoms with Crippen LogP contribution in [0.1, 0.15) is 33.1 Å². The highest BCUT2D eigenvalue weighted by atomic mass is 32.2. The average molecular weight is 176 g/mol. The molecule has 1 N–H and O–H groups in total. The van der Waals surface area contributed by atoms with Crippen LogP contribution in [0.5, 0.6) is 0 Å². The van der Waals surface area contributed by atoms with E-state index >= 15 is 0 Å². The van der Waals surface area contributed by atoms with Gasteiger partial charge >= 0.3 is 0 Å². The smallest absolute Gasteiger partial charge is 0.217 e. The zero-order chi connectivity index (χ0) is 8.69. The van der Waals surface area contributed by atoms with Gasteiger partial charge in [0.15, 0.2) is 0 Å². The van der Waals surface area contributed by atoms with Crippen molar-refractivity contribution in [2.24, 2.45) is 0 Å². The summed E-state index contributed by atoms with van der Waals surface area (Å²) in [4.78, 5) is 11.0. The van der Waals surface area contributed by atoms with E-state index in [-0.39, 0.29) is 5.12 Å². The van der Waals surface area contributed by atoms with Crippen molar-refractivity contribution in [1.82, 2.24) is 0 Å². The van der Waals surface area contributed by atoms with E-state index in [9.17, 15) is 9.90 Å². The maximum atomic E-state index is 11.0. The molecule has 66 valence electrons. The first-order chi connectivity index (χ1) is 5.22. The summed E-state index contributed by atoms with van der Waals surface area (Å²) in [6.45, 7) is 3.96. The molecule has 0 aliphatic heterocycles. The van der Waals surface area contributed by atoms with Crippen molar-refractivity contribution in [3.63, 3.8) is 0 Å². The molecule has 11 heavy (non-hydrogen) atoms. The summed E-state index contributed by atoms with van der Waals surface area (Å²) < 4.78 is 0. The van der Waals surface area contributed by atoms with Crippen LogP contribution in [0.3, 0.4) is 0 Å². The third-order valence-corrected chi connectivity index (χ3v) is 2.24. The Bertz CT molecular complexity index is 115. The van der Waals surface area contributed by atoms with Gasteiger partial charge < -0.3 is 5.11 Å². The van der Waals surface area contributed by atoms with Gasteiger partial charge in [0.2, 0.25) is 5.12 Å². The van der Waals surface area contributed by atoms with E-state index in [1.165, 1.54) is 11.8 Å². The van der Waals surface area contributed by atoms with Gasteiger partial charge in [-0.1, -0.05) is 38.5 Å². The number of aliphatic hydroxyl groups excluding tert-OH is 1. The van der Waals surface area contributed by atoms with Gasteiger partial charge in [-0.25, -0.2) is 0 Å². The molecule has 0 spiro atoms. The van der Waals surface area contributed by atoms with Gasteiger partial charge in [0.05, 0.1) is 0 Å². The molecule has 1 atom stereocenters. The van der Waals surface area contributed by atoms with Crippen LogP contribution < -0.4 is 0 Å². The molecule has 3 heteroatoms. The van der Waals surface area contributed by atoms with Gasteiger partial charge in [-0.2, -0.15) is 0 Å². The van der Waals surface area contributed by atoms with Crippen molar-refractivity contribution in [2.45, 2.75) is 39.2 Å². The third kappa shape index (κ3) is 5.27. The number of aliphatic hydroxyl groups is 1. The second-order valence-corrected chi connectivity index (χ2v) is 3.68. The van der Waals surface area contributed by atoms with Gasteiger partial charge in [-0.3, -0.25) is 4.79 Å². The molecular formula is C8H16O2S. The van der Waals surface area contributed by atoms with Crippen LogP contribution in [0.2, 0.25) is 0 Å². The Balaban J connectivity index is 3.46. The highest BCUT2D eigenvalue weighted by molar-refractivity contribution is 8.13. The Labute approximate surface area is 72.4 Å². The highest BCUT2D eigenvalue weighted by Gasteiger charge is 2.12. The molecule has 0 bridgehead atoms. The highest BCUT2D eigenvalue weighted by Crippen LogP contribution is 2.09.